The third-order valence-electron chi connectivity index (χ3n) is 2.88. The van der Waals surface area contributed by atoms with E-state index >= 15 is 0 Å². The van der Waals surface area contributed by atoms with E-state index in [1.807, 2.05) is 0 Å². The van der Waals surface area contributed by atoms with Crippen LogP contribution < -0.4 is 5.73 Å². The zero-order chi connectivity index (χ0) is 22.0. The summed E-state index contributed by atoms with van der Waals surface area (Å²) < 4.78 is 21.8. The molecule has 0 aromatic carbocycles. The number of hydrogen-bond donors (Lipinski definition) is 7. The summed E-state index contributed by atoms with van der Waals surface area (Å²) in [6, 6.07) is -2.30. The van der Waals surface area contributed by atoms with Crippen LogP contribution >= 0.6 is 36.8 Å². The van der Waals surface area contributed by atoms with Gasteiger partial charge in [0.15, 0.2) is 0 Å². The Balaban J connectivity index is 5.11. The largest absolute Gasteiger partial charge is 0.480 e. The molecule has 0 amide bonds. The molecule has 0 radical (unpaired) electrons. The second kappa shape index (κ2) is 12.8. The molecule has 2 atom stereocenters. The number of carboxylic acid groups (broad SMARTS) is 2. The Morgan fingerprint density at radius 2 is 1.32 bits per heavy atom. The zero-order valence-electron chi connectivity index (χ0n) is 14.3. The van der Waals surface area contributed by atoms with Crippen molar-refractivity contribution in [3.05, 3.63) is 23.8 Å². The van der Waals surface area contributed by atoms with Crippen molar-refractivity contribution in [2.24, 2.45) is 5.73 Å². The van der Waals surface area contributed by atoms with Gasteiger partial charge in [-0.15, -0.1) is 0 Å². The topological polar surface area (TPSA) is 219 Å². The molecule has 0 heterocycles. The van der Waals surface area contributed by atoms with E-state index in [9.17, 15) is 23.8 Å². The lowest BCUT2D eigenvalue weighted by Gasteiger charge is -2.26. The number of carbonyl (C=O) groups is 2. The molecule has 0 unspecified atom stereocenters. The highest BCUT2D eigenvalue weighted by molar-refractivity contribution is 8.76. The van der Waals surface area contributed by atoms with Crippen LogP contribution in [0.15, 0.2) is 23.8 Å². The number of hydrogen-bond acceptors (Lipinski definition) is 8. The van der Waals surface area contributed by atoms with E-state index in [0.29, 0.717) is 11.6 Å². The molecule has 0 spiro atoms. The van der Waals surface area contributed by atoms with Crippen LogP contribution in [0.5, 0.6) is 0 Å². The van der Waals surface area contributed by atoms with Crippen LogP contribution in [0.25, 0.3) is 0 Å². The molecule has 28 heavy (non-hydrogen) atoms. The quantitative estimate of drug-likeness (QED) is 0.0982. The average molecular weight is 480 g/mol. The fourth-order valence-electron chi connectivity index (χ4n) is 1.61. The molecule has 0 aliphatic carbocycles. The van der Waals surface area contributed by atoms with E-state index in [4.69, 9.17) is 30.4 Å². The summed E-state index contributed by atoms with van der Waals surface area (Å²) in [5.41, 5.74) is 5.34. The van der Waals surface area contributed by atoms with Crippen LogP contribution in [0.1, 0.15) is 0 Å². The van der Waals surface area contributed by atoms with E-state index in [1.54, 1.807) is 0 Å². The summed E-state index contributed by atoms with van der Waals surface area (Å²) in [6.45, 7) is -0.430. The molecule has 0 rings (SSSR count). The molecule has 162 valence electrons. The molecule has 0 saturated heterocycles. The molecule has 0 aromatic heterocycles. The first-order valence-electron chi connectivity index (χ1n) is 7.38. The van der Waals surface area contributed by atoms with Gasteiger partial charge in [0.2, 0.25) is 0 Å². The van der Waals surface area contributed by atoms with Crippen molar-refractivity contribution in [3.8, 4) is 0 Å². The third-order valence-corrected chi connectivity index (χ3v) is 6.51. The summed E-state index contributed by atoms with van der Waals surface area (Å²) in [6.07, 6.45) is 2.11. The number of nitrogens with two attached hydrogens (primary N) is 1. The van der Waals surface area contributed by atoms with Crippen molar-refractivity contribution in [3.63, 3.8) is 0 Å². The van der Waals surface area contributed by atoms with Gasteiger partial charge in [0.1, 0.15) is 12.1 Å². The van der Waals surface area contributed by atoms with Crippen LogP contribution in [-0.4, -0.2) is 83.3 Å². The first-order valence-corrected chi connectivity index (χ1v) is 13.2. The number of carboxylic acids is 2. The summed E-state index contributed by atoms with van der Waals surface area (Å²) in [5.74, 6) is -1.29. The number of aliphatic carboxylic acids is 2. The molecule has 0 aliphatic heterocycles. The molecular weight excluding hydrogens is 458 g/mol. The maximum Gasteiger partial charge on any atom is 0.348 e. The molecular formula is C12H22N2O10P2S2. The first kappa shape index (κ1) is 27.3. The van der Waals surface area contributed by atoms with Gasteiger partial charge in [-0.05, 0) is 0 Å². The molecule has 0 saturated carbocycles. The van der Waals surface area contributed by atoms with E-state index < -0.39 is 39.2 Å². The Morgan fingerprint density at radius 3 is 1.68 bits per heavy atom. The normalized spacial score (nSPS) is 15.4. The second-order valence-electron chi connectivity index (χ2n) is 5.27. The Bertz CT molecular complexity index is 643. The molecule has 0 bridgehead atoms. The summed E-state index contributed by atoms with van der Waals surface area (Å²) in [5, 5.41) is 18.1. The number of rotatable bonds is 14. The van der Waals surface area contributed by atoms with Crippen molar-refractivity contribution in [1.29, 1.82) is 0 Å². The van der Waals surface area contributed by atoms with Gasteiger partial charge in [-0.3, -0.25) is 23.6 Å². The summed E-state index contributed by atoms with van der Waals surface area (Å²) in [7, 11) is -6.82. The minimum absolute atomic E-state index is 0.0303. The van der Waals surface area contributed by atoms with Crippen molar-refractivity contribution in [2.45, 2.75) is 12.1 Å². The van der Waals surface area contributed by atoms with E-state index in [2.05, 4.69) is 0 Å². The van der Waals surface area contributed by atoms with Crippen molar-refractivity contribution >= 4 is 48.7 Å². The predicted molar refractivity (Wildman–Crippen MR) is 106 cm³/mol. The smallest absolute Gasteiger partial charge is 0.348 e. The molecule has 16 heteroatoms. The summed E-state index contributed by atoms with van der Waals surface area (Å²) >= 11 is 0. The fourth-order valence-corrected chi connectivity index (χ4v) is 4.71. The van der Waals surface area contributed by atoms with Crippen LogP contribution in [0.4, 0.5) is 0 Å². The summed E-state index contributed by atoms with van der Waals surface area (Å²) in [4.78, 5) is 58.8. The first-order chi connectivity index (χ1) is 12.7. The van der Waals surface area contributed by atoms with Gasteiger partial charge in [0.05, 0.1) is 0 Å². The van der Waals surface area contributed by atoms with Gasteiger partial charge in [-0.2, -0.15) is 0 Å². The zero-order valence-corrected chi connectivity index (χ0v) is 17.8. The van der Waals surface area contributed by atoms with Gasteiger partial charge in [0.25, 0.3) is 0 Å². The predicted octanol–water partition coefficient (Wildman–Crippen LogP) is -0.0823. The van der Waals surface area contributed by atoms with Gasteiger partial charge < -0.3 is 35.5 Å². The SMILES string of the molecule is N[C@@H](CSSC[C@@H](C(=O)O)N(CC=CP(=O)(O)O)CC=CP(=O)(O)O)C(=O)O. The lowest BCUT2D eigenvalue weighted by atomic mass is 10.2. The van der Waals surface area contributed by atoms with Crippen LogP contribution in [-0.2, 0) is 18.7 Å². The maximum absolute atomic E-state index is 11.6. The molecule has 8 N–H and O–H groups in total. The Kier molecular flexibility index (Phi) is 12.5. The Hall–Kier alpha value is -0.660. The van der Waals surface area contributed by atoms with Crippen LogP contribution in [0.3, 0.4) is 0 Å². The second-order valence-corrected chi connectivity index (χ2v) is 10.8. The average Bonchev–Trinajstić information content (AvgIpc) is 2.50. The fraction of sp³-hybridized carbons (Fsp3) is 0.500. The minimum atomic E-state index is -4.45. The monoisotopic (exact) mass is 480 g/mol. The molecule has 0 aromatic rings. The van der Waals surface area contributed by atoms with E-state index in [1.165, 1.54) is 4.90 Å². The maximum atomic E-state index is 11.6. The van der Waals surface area contributed by atoms with Gasteiger partial charge in [-0.25, -0.2) is 0 Å². The van der Waals surface area contributed by atoms with Crippen molar-refractivity contribution in [1.82, 2.24) is 4.90 Å². The molecule has 0 aliphatic rings. The highest BCUT2D eigenvalue weighted by Gasteiger charge is 2.25. The lowest BCUT2D eigenvalue weighted by molar-refractivity contribution is -0.142. The molecule has 0 fully saturated rings. The van der Waals surface area contributed by atoms with Gasteiger partial charge >= 0.3 is 27.1 Å². The van der Waals surface area contributed by atoms with Crippen LogP contribution in [0.2, 0.25) is 0 Å². The van der Waals surface area contributed by atoms with Crippen molar-refractivity contribution < 1.29 is 48.5 Å². The lowest BCUT2D eigenvalue weighted by Crippen LogP contribution is -2.43. The van der Waals surface area contributed by atoms with Crippen LogP contribution in [0, 0.1) is 0 Å². The highest BCUT2D eigenvalue weighted by atomic mass is 33.1. The Morgan fingerprint density at radius 1 is 0.893 bits per heavy atom. The van der Waals surface area contributed by atoms with Gasteiger partial charge in [-0.1, -0.05) is 33.7 Å². The minimum Gasteiger partial charge on any atom is -0.480 e. The number of nitrogens with zero attached hydrogens (tertiary/aromatic N) is 1. The Labute approximate surface area is 168 Å². The highest BCUT2D eigenvalue weighted by Crippen LogP contribution is 2.36. The van der Waals surface area contributed by atoms with Crippen molar-refractivity contribution in [2.75, 3.05) is 24.6 Å². The van der Waals surface area contributed by atoms with E-state index in [0.717, 1.165) is 33.7 Å². The van der Waals surface area contributed by atoms with Gasteiger partial charge in [0, 0.05) is 36.2 Å². The standard InChI is InChI=1S/C12H22N2O10P2S2/c13-9(11(15)16)7-27-28-8-10(12(17)18)14(3-1-5-25(19,20)21)4-2-6-26(22,23)24/h1-2,5-6,9-10H,3-4,7-8,13H2,(H,15,16)(H,17,18)(H2,19,20,21)(H2,22,23,24)/t9-,10-/m0/s1. The third kappa shape index (κ3) is 14.4. The molecule has 12 nitrogen and oxygen atoms in total. The van der Waals surface area contributed by atoms with E-state index in [-0.39, 0.29) is 24.6 Å².